The number of fused-ring (bicyclic) bond motifs is 1. The Kier molecular flexibility index (Phi) is 6.23. The Morgan fingerprint density at radius 2 is 1.72 bits per heavy atom. The van der Waals surface area contributed by atoms with Gasteiger partial charge in [0, 0.05) is 18.7 Å². The fraction of sp³-hybridized carbons (Fsp3) is 0.292. The number of ether oxygens (including phenoxy) is 1. The van der Waals surface area contributed by atoms with Crippen LogP contribution < -0.4 is 4.74 Å². The zero-order valence-electron chi connectivity index (χ0n) is 17.2. The number of furan rings is 1. The van der Waals surface area contributed by atoms with Gasteiger partial charge in [-0.05, 0) is 60.4 Å². The molecule has 0 saturated carbocycles. The minimum absolute atomic E-state index is 0.370. The summed E-state index contributed by atoms with van der Waals surface area (Å²) in [7, 11) is 0. The van der Waals surface area contributed by atoms with Crippen LogP contribution in [-0.2, 0) is 30.4 Å². The zero-order valence-corrected chi connectivity index (χ0v) is 17.2. The third kappa shape index (κ3) is 5.31. The lowest BCUT2D eigenvalue weighted by atomic mass is 10.0. The second kappa shape index (κ2) is 9.08. The highest BCUT2D eigenvalue weighted by atomic mass is 19.4. The zero-order chi connectivity index (χ0) is 22.7. The molecule has 0 radical (unpaired) electrons. The van der Waals surface area contributed by atoms with E-state index in [4.69, 9.17) is 14.3 Å². The van der Waals surface area contributed by atoms with Gasteiger partial charge in [-0.2, -0.15) is 13.2 Å². The van der Waals surface area contributed by atoms with Gasteiger partial charge in [-0.25, -0.2) is 4.79 Å². The maximum absolute atomic E-state index is 12.8. The average Bonchev–Trinajstić information content (AvgIpc) is 3.13. The molecule has 0 bridgehead atoms. The van der Waals surface area contributed by atoms with E-state index in [2.05, 4.69) is 4.90 Å². The summed E-state index contributed by atoms with van der Waals surface area (Å²) in [4.78, 5) is 13.0. The van der Waals surface area contributed by atoms with E-state index >= 15 is 0 Å². The van der Waals surface area contributed by atoms with Gasteiger partial charge in [0.2, 0.25) is 0 Å². The van der Waals surface area contributed by atoms with Crippen molar-refractivity contribution < 1.29 is 32.2 Å². The van der Waals surface area contributed by atoms with Crippen LogP contribution >= 0.6 is 0 Å². The van der Waals surface area contributed by atoms with E-state index in [1.165, 1.54) is 17.7 Å². The number of aliphatic carboxylic acids is 1. The van der Waals surface area contributed by atoms with Gasteiger partial charge < -0.3 is 14.3 Å². The van der Waals surface area contributed by atoms with Crippen LogP contribution in [0.25, 0.3) is 11.3 Å². The summed E-state index contributed by atoms with van der Waals surface area (Å²) < 4.78 is 49.4. The third-order valence-corrected chi connectivity index (χ3v) is 5.47. The van der Waals surface area contributed by atoms with E-state index in [1.54, 1.807) is 12.1 Å². The first kappa shape index (κ1) is 22.0. The van der Waals surface area contributed by atoms with Crippen LogP contribution in [-0.4, -0.2) is 35.7 Å². The van der Waals surface area contributed by atoms with E-state index in [0.29, 0.717) is 23.6 Å². The first-order chi connectivity index (χ1) is 15.3. The fourth-order valence-corrected chi connectivity index (χ4v) is 3.80. The van der Waals surface area contributed by atoms with E-state index in [1.807, 2.05) is 18.2 Å². The summed E-state index contributed by atoms with van der Waals surface area (Å²) in [5, 5.41) is 8.77. The Labute approximate surface area is 183 Å². The second-order valence-corrected chi connectivity index (χ2v) is 7.73. The molecule has 0 fully saturated rings. The van der Waals surface area contributed by atoms with Crippen molar-refractivity contribution in [2.75, 3.05) is 19.7 Å². The Balaban J connectivity index is 1.38. The molecule has 32 heavy (non-hydrogen) atoms. The third-order valence-electron chi connectivity index (χ3n) is 5.47. The fourth-order valence-electron chi connectivity index (χ4n) is 3.80. The van der Waals surface area contributed by atoms with E-state index < -0.39 is 17.7 Å². The molecule has 8 heteroatoms. The molecule has 1 N–H and O–H groups in total. The SMILES string of the molecule is O=C(O)COc1ccc2c(c1)CCN(Cc1ccc(-c3ccc(C(F)(F)F)cc3)o1)CC2. The van der Waals surface area contributed by atoms with Gasteiger partial charge in [0.25, 0.3) is 0 Å². The van der Waals surface area contributed by atoms with E-state index in [0.717, 1.165) is 49.4 Å². The molecule has 168 valence electrons. The Morgan fingerprint density at radius 3 is 2.41 bits per heavy atom. The van der Waals surface area contributed by atoms with Crippen LogP contribution in [0.3, 0.4) is 0 Å². The van der Waals surface area contributed by atoms with Crippen molar-refractivity contribution in [3.8, 4) is 17.1 Å². The molecular formula is C24H22F3NO4. The van der Waals surface area contributed by atoms with Crippen molar-refractivity contribution >= 4 is 5.97 Å². The molecule has 1 aliphatic heterocycles. The number of benzene rings is 2. The van der Waals surface area contributed by atoms with Gasteiger partial charge in [-0.1, -0.05) is 18.2 Å². The largest absolute Gasteiger partial charge is 0.482 e. The van der Waals surface area contributed by atoms with Gasteiger partial charge in [-0.3, -0.25) is 4.90 Å². The highest BCUT2D eigenvalue weighted by molar-refractivity contribution is 5.68. The minimum Gasteiger partial charge on any atom is -0.482 e. The lowest BCUT2D eigenvalue weighted by Crippen LogP contribution is -2.25. The molecule has 4 rings (SSSR count). The van der Waals surface area contributed by atoms with E-state index in [9.17, 15) is 18.0 Å². The molecule has 2 heterocycles. The second-order valence-electron chi connectivity index (χ2n) is 7.73. The molecule has 1 aliphatic rings. The molecular weight excluding hydrogens is 423 g/mol. The topological polar surface area (TPSA) is 62.9 Å². The lowest BCUT2D eigenvalue weighted by molar-refractivity contribution is -0.139. The molecule has 0 saturated heterocycles. The van der Waals surface area contributed by atoms with Crippen LogP contribution in [0.15, 0.2) is 59.0 Å². The van der Waals surface area contributed by atoms with Crippen molar-refractivity contribution in [1.29, 1.82) is 0 Å². The number of carbonyl (C=O) groups is 1. The monoisotopic (exact) mass is 445 g/mol. The molecule has 3 aromatic rings. The smallest absolute Gasteiger partial charge is 0.416 e. The minimum atomic E-state index is -4.36. The number of alkyl halides is 3. The summed E-state index contributed by atoms with van der Waals surface area (Å²) in [6.45, 7) is 1.85. The summed E-state index contributed by atoms with van der Waals surface area (Å²) >= 11 is 0. The lowest BCUT2D eigenvalue weighted by Gasteiger charge is -2.18. The normalized spacial score (nSPS) is 14.6. The van der Waals surface area contributed by atoms with Crippen LogP contribution in [0.1, 0.15) is 22.5 Å². The van der Waals surface area contributed by atoms with Gasteiger partial charge >= 0.3 is 12.1 Å². The Morgan fingerprint density at radius 1 is 1.00 bits per heavy atom. The Hall–Kier alpha value is -3.26. The molecule has 0 unspecified atom stereocenters. The average molecular weight is 445 g/mol. The maximum Gasteiger partial charge on any atom is 0.416 e. The highest BCUT2D eigenvalue weighted by Crippen LogP contribution is 2.31. The molecule has 2 aromatic carbocycles. The highest BCUT2D eigenvalue weighted by Gasteiger charge is 2.30. The predicted octanol–water partition coefficient (Wildman–Crippen LogP) is 5.03. The number of hydrogen-bond acceptors (Lipinski definition) is 4. The van der Waals surface area contributed by atoms with Crippen molar-refractivity contribution in [3.05, 3.63) is 77.0 Å². The first-order valence-corrected chi connectivity index (χ1v) is 10.2. The van der Waals surface area contributed by atoms with Gasteiger partial charge in [0.1, 0.15) is 17.3 Å². The van der Waals surface area contributed by atoms with Crippen molar-refractivity contribution in [3.63, 3.8) is 0 Å². The standard InChI is InChI=1S/C24H22F3NO4/c25-24(26,27)19-4-1-17(2-5-19)22-8-7-21(32-22)14-28-11-9-16-3-6-20(31-15-23(29)30)13-18(16)10-12-28/h1-8,13H,9-12,14-15H2,(H,29,30). The summed E-state index contributed by atoms with van der Waals surface area (Å²) in [6, 6.07) is 14.2. The number of halogens is 3. The van der Waals surface area contributed by atoms with Gasteiger partial charge in [-0.15, -0.1) is 0 Å². The number of hydrogen-bond donors (Lipinski definition) is 1. The molecule has 0 spiro atoms. The van der Waals surface area contributed by atoms with Crippen molar-refractivity contribution in [1.82, 2.24) is 4.90 Å². The van der Waals surface area contributed by atoms with Crippen LogP contribution in [0.2, 0.25) is 0 Å². The summed E-state index contributed by atoms with van der Waals surface area (Å²) in [5.41, 5.74) is 2.26. The summed E-state index contributed by atoms with van der Waals surface area (Å²) in [6.07, 6.45) is -2.71. The molecule has 0 aliphatic carbocycles. The maximum atomic E-state index is 12.8. The summed E-state index contributed by atoms with van der Waals surface area (Å²) in [5.74, 6) is 0.815. The van der Waals surface area contributed by atoms with E-state index in [-0.39, 0.29) is 6.61 Å². The van der Waals surface area contributed by atoms with Crippen molar-refractivity contribution in [2.45, 2.75) is 25.6 Å². The molecule has 0 atom stereocenters. The quantitative estimate of drug-likeness (QED) is 0.577. The predicted molar refractivity (Wildman–Crippen MR) is 111 cm³/mol. The van der Waals surface area contributed by atoms with Crippen LogP contribution in [0, 0.1) is 0 Å². The van der Waals surface area contributed by atoms with Crippen LogP contribution in [0.4, 0.5) is 13.2 Å². The van der Waals surface area contributed by atoms with Gasteiger partial charge in [0.05, 0.1) is 12.1 Å². The number of carboxylic acids is 1. The first-order valence-electron chi connectivity index (χ1n) is 10.2. The molecule has 0 amide bonds. The molecule has 5 nitrogen and oxygen atoms in total. The van der Waals surface area contributed by atoms with Crippen molar-refractivity contribution in [2.24, 2.45) is 0 Å². The molecule has 1 aromatic heterocycles. The van der Waals surface area contributed by atoms with Gasteiger partial charge in [0.15, 0.2) is 6.61 Å². The number of rotatable bonds is 6. The van der Waals surface area contributed by atoms with Crippen LogP contribution in [0.5, 0.6) is 5.75 Å². The number of carboxylic acid groups (broad SMARTS) is 1. The number of nitrogens with zero attached hydrogens (tertiary/aromatic N) is 1. The Bertz CT molecular complexity index is 1090.